The van der Waals surface area contributed by atoms with Gasteiger partial charge in [0.15, 0.2) is 11.6 Å². The summed E-state index contributed by atoms with van der Waals surface area (Å²) >= 11 is 0. The van der Waals surface area contributed by atoms with Crippen molar-refractivity contribution in [3.63, 3.8) is 0 Å². The van der Waals surface area contributed by atoms with Gasteiger partial charge in [-0.05, 0) is 6.07 Å². The summed E-state index contributed by atoms with van der Waals surface area (Å²) in [4.78, 5) is 0. The number of benzene rings is 1. The largest absolute Gasteiger partial charge is 0.494 e. The monoisotopic (exact) mass is 250 g/mol. The lowest BCUT2D eigenvalue weighted by molar-refractivity contribution is 0.383. The second-order valence-electron chi connectivity index (χ2n) is 3.90. The molecule has 0 bridgehead atoms. The number of methoxy groups -OCH3 is 1. The number of hydrogen-bond acceptors (Lipinski definition) is 4. The van der Waals surface area contributed by atoms with Crippen LogP contribution in [-0.4, -0.2) is 21.9 Å². The van der Waals surface area contributed by atoms with Gasteiger partial charge in [0, 0.05) is 19.2 Å². The summed E-state index contributed by atoms with van der Waals surface area (Å²) in [6.45, 7) is 0.947. The van der Waals surface area contributed by atoms with E-state index >= 15 is 0 Å². The van der Waals surface area contributed by atoms with Crippen molar-refractivity contribution in [3.05, 3.63) is 41.7 Å². The lowest BCUT2D eigenvalue weighted by Crippen LogP contribution is -2.16. The maximum atomic E-state index is 13.8. The summed E-state index contributed by atoms with van der Waals surface area (Å²) in [6.07, 6.45) is 1.63. The van der Waals surface area contributed by atoms with Crippen molar-refractivity contribution in [3.8, 4) is 5.75 Å². The summed E-state index contributed by atoms with van der Waals surface area (Å²) in [7, 11) is 3.32. The topological polar surface area (TPSA) is 52.0 Å². The fourth-order valence-corrected chi connectivity index (χ4v) is 1.63. The van der Waals surface area contributed by atoms with Crippen LogP contribution in [0.25, 0.3) is 0 Å². The number of aryl methyl sites for hydroxylation is 1. The van der Waals surface area contributed by atoms with Crippen LogP contribution in [0.3, 0.4) is 0 Å². The summed E-state index contributed by atoms with van der Waals surface area (Å²) in [5.74, 6) is 0.733. The fraction of sp³-hybridized carbons (Fsp3) is 0.333. The zero-order chi connectivity index (χ0) is 13.0. The Hall–Kier alpha value is -1.95. The van der Waals surface area contributed by atoms with Gasteiger partial charge in [-0.25, -0.2) is 4.39 Å². The van der Waals surface area contributed by atoms with Gasteiger partial charge < -0.3 is 14.6 Å². The van der Waals surface area contributed by atoms with Gasteiger partial charge in [-0.2, -0.15) is 0 Å². The van der Waals surface area contributed by atoms with Crippen LogP contribution in [-0.2, 0) is 20.1 Å². The Labute approximate surface area is 105 Å². The normalized spacial score (nSPS) is 10.6. The highest BCUT2D eigenvalue weighted by Gasteiger charge is 2.08. The third-order valence-electron chi connectivity index (χ3n) is 2.67. The Morgan fingerprint density at radius 1 is 1.39 bits per heavy atom. The SMILES string of the molecule is COc1cccc(CNCc2nncn2C)c1F. The molecule has 1 aromatic heterocycles. The highest BCUT2D eigenvalue weighted by atomic mass is 19.1. The van der Waals surface area contributed by atoms with Crippen LogP contribution in [0.2, 0.25) is 0 Å². The molecule has 0 radical (unpaired) electrons. The average molecular weight is 250 g/mol. The summed E-state index contributed by atoms with van der Waals surface area (Å²) in [6, 6.07) is 5.09. The van der Waals surface area contributed by atoms with Crippen LogP contribution in [0.4, 0.5) is 4.39 Å². The standard InChI is InChI=1S/C12H15FN4O/c1-17-8-15-16-11(17)7-14-6-9-4-3-5-10(18-2)12(9)13/h3-5,8,14H,6-7H2,1-2H3. The smallest absolute Gasteiger partial charge is 0.169 e. The Morgan fingerprint density at radius 3 is 2.89 bits per heavy atom. The van der Waals surface area contributed by atoms with E-state index in [1.54, 1.807) is 24.5 Å². The molecule has 0 spiro atoms. The Balaban J connectivity index is 1.96. The van der Waals surface area contributed by atoms with Crippen LogP contribution >= 0.6 is 0 Å². The minimum Gasteiger partial charge on any atom is -0.494 e. The van der Waals surface area contributed by atoms with E-state index in [-0.39, 0.29) is 11.6 Å². The number of halogens is 1. The van der Waals surface area contributed by atoms with Gasteiger partial charge in [-0.3, -0.25) is 0 Å². The van der Waals surface area contributed by atoms with E-state index in [0.29, 0.717) is 18.7 Å². The third-order valence-corrected chi connectivity index (χ3v) is 2.67. The number of nitrogens with one attached hydrogen (secondary N) is 1. The molecule has 0 amide bonds. The number of rotatable bonds is 5. The van der Waals surface area contributed by atoms with Crippen LogP contribution in [0.1, 0.15) is 11.4 Å². The first kappa shape index (κ1) is 12.5. The molecular formula is C12H15FN4O. The van der Waals surface area contributed by atoms with Crippen LogP contribution in [0.15, 0.2) is 24.5 Å². The van der Waals surface area contributed by atoms with Crippen molar-refractivity contribution in [1.29, 1.82) is 0 Å². The summed E-state index contributed by atoms with van der Waals surface area (Å²) in [5.41, 5.74) is 0.566. The number of nitrogens with zero attached hydrogens (tertiary/aromatic N) is 3. The Bertz CT molecular complexity index is 527. The molecule has 2 rings (SSSR count). The molecule has 96 valence electrons. The van der Waals surface area contributed by atoms with Crippen molar-refractivity contribution in [2.24, 2.45) is 7.05 Å². The van der Waals surface area contributed by atoms with Gasteiger partial charge in [0.1, 0.15) is 12.2 Å². The molecule has 5 nitrogen and oxygen atoms in total. The minimum atomic E-state index is -0.328. The Morgan fingerprint density at radius 2 is 2.22 bits per heavy atom. The highest BCUT2D eigenvalue weighted by molar-refractivity contribution is 5.30. The molecule has 1 aromatic carbocycles. The van der Waals surface area contributed by atoms with Crippen molar-refractivity contribution in [2.45, 2.75) is 13.1 Å². The van der Waals surface area contributed by atoms with Gasteiger partial charge in [-0.1, -0.05) is 12.1 Å². The summed E-state index contributed by atoms with van der Waals surface area (Å²) in [5, 5.41) is 10.8. The zero-order valence-corrected chi connectivity index (χ0v) is 10.4. The van der Waals surface area contributed by atoms with Crippen LogP contribution in [0, 0.1) is 5.82 Å². The Kier molecular flexibility index (Phi) is 3.88. The number of ether oxygens (including phenoxy) is 1. The van der Waals surface area contributed by atoms with Gasteiger partial charge in [0.05, 0.1) is 13.7 Å². The molecule has 0 saturated heterocycles. The first-order valence-electron chi connectivity index (χ1n) is 5.57. The number of hydrogen-bond donors (Lipinski definition) is 1. The van der Waals surface area contributed by atoms with E-state index < -0.39 is 0 Å². The highest BCUT2D eigenvalue weighted by Crippen LogP contribution is 2.19. The lowest BCUT2D eigenvalue weighted by atomic mass is 10.2. The number of aromatic nitrogens is 3. The third kappa shape index (κ3) is 2.65. The van der Waals surface area contributed by atoms with Gasteiger partial charge in [0.2, 0.25) is 0 Å². The zero-order valence-electron chi connectivity index (χ0n) is 10.4. The summed E-state index contributed by atoms with van der Waals surface area (Å²) < 4.78 is 20.6. The molecule has 18 heavy (non-hydrogen) atoms. The molecule has 2 aromatic rings. The van der Waals surface area contributed by atoms with Crippen molar-refractivity contribution >= 4 is 0 Å². The maximum Gasteiger partial charge on any atom is 0.169 e. The van der Waals surface area contributed by atoms with E-state index in [0.717, 1.165) is 5.82 Å². The molecule has 0 aliphatic carbocycles. The second-order valence-corrected chi connectivity index (χ2v) is 3.90. The average Bonchev–Trinajstić information content (AvgIpc) is 2.77. The molecule has 0 aliphatic heterocycles. The van der Waals surface area contributed by atoms with Crippen molar-refractivity contribution in [1.82, 2.24) is 20.1 Å². The van der Waals surface area contributed by atoms with Gasteiger partial charge in [0.25, 0.3) is 0 Å². The molecule has 6 heteroatoms. The quantitative estimate of drug-likeness (QED) is 0.867. The van der Waals surface area contributed by atoms with Gasteiger partial charge >= 0.3 is 0 Å². The van der Waals surface area contributed by atoms with E-state index in [1.807, 2.05) is 11.6 Å². The van der Waals surface area contributed by atoms with E-state index in [2.05, 4.69) is 15.5 Å². The molecule has 0 aliphatic rings. The van der Waals surface area contributed by atoms with Crippen molar-refractivity contribution in [2.75, 3.05) is 7.11 Å². The van der Waals surface area contributed by atoms with E-state index in [9.17, 15) is 4.39 Å². The van der Waals surface area contributed by atoms with Gasteiger partial charge in [-0.15, -0.1) is 10.2 Å². The lowest BCUT2D eigenvalue weighted by Gasteiger charge is -2.08. The van der Waals surface area contributed by atoms with E-state index in [1.165, 1.54) is 7.11 Å². The fourth-order valence-electron chi connectivity index (χ4n) is 1.63. The minimum absolute atomic E-state index is 0.257. The molecule has 1 N–H and O–H groups in total. The van der Waals surface area contributed by atoms with Crippen LogP contribution < -0.4 is 10.1 Å². The first-order chi connectivity index (χ1) is 8.72. The molecule has 0 fully saturated rings. The molecule has 0 unspecified atom stereocenters. The first-order valence-corrected chi connectivity index (χ1v) is 5.57. The molecule has 1 heterocycles. The van der Waals surface area contributed by atoms with Crippen LogP contribution in [0.5, 0.6) is 5.75 Å². The molecular weight excluding hydrogens is 235 g/mol. The van der Waals surface area contributed by atoms with E-state index in [4.69, 9.17) is 4.74 Å². The molecule has 0 saturated carbocycles. The predicted molar refractivity (Wildman–Crippen MR) is 64.5 cm³/mol. The predicted octanol–water partition coefficient (Wildman–Crippen LogP) is 1.25. The van der Waals surface area contributed by atoms with Crippen molar-refractivity contribution < 1.29 is 9.13 Å². The second kappa shape index (κ2) is 5.59. The maximum absolute atomic E-state index is 13.8. The molecule has 0 atom stereocenters.